The molecule has 0 aliphatic carbocycles. The van der Waals surface area contributed by atoms with Gasteiger partial charge in [-0.15, -0.1) is 0 Å². The van der Waals surface area contributed by atoms with E-state index in [4.69, 9.17) is 0 Å². The van der Waals surface area contributed by atoms with Gasteiger partial charge in [0.2, 0.25) is 0 Å². The van der Waals surface area contributed by atoms with E-state index < -0.39 is 0 Å². The summed E-state index contributed by atoms with van der Waals surface area (Å²) in [5.41, 5.74) is 2.63. The highest BCUT2D eigenvalue weighted by Crippen LogP contribution is 2.26. The molecule has 82 valence electrons. The number of carbonyl (C=O) groups is 1. The van der Waals surface area contributed by atoms with E-state index in [0.717, 1.165) is 15.7 Å². The minimum Gasteiger partial charge on any atom is -0.387 e. The number of hydrogen-bond acceptors (Lipinski definition) is 2. The predicted molar refractivity (Wildman–Crippen MR) is 66.4 cm³/mol. The van der Waals surface area contributed by atoms with Crippen LogP contribution >= 0.6 is 15.9 Å². The molecule has 0 spiro atoms. The van der Waals surface area contributed by atoms with Crippen molar-refractivity contribution in [2.24, 2.45) is 0 Å². The summed E-state index contributed by atoms with van der Waals surface area (Å²) in [6, 6.07) is 3.82. The molecule has 1 rings (SSSR count). The molecule has 0 unspecified atom stereocenters. The average molecular weight is 271 g/mol. The van der Waals surface area contributed by atoms with Gasteiger partial charge in [-0.3, -0.25) is 4.79 Å². The Hall–Kier alpha value is -1.03. The van der Waals surface area contributed by atoms with E-state index in [1.165, 1.54) is 0 Å². The van der Waals surface area contributed by atoms with Gasteiger partial charge in [0.25, 0.3) is 5.91 Å². The summed E-state index contributed by atoms with van der Waals surface area (Å²) in [5, 5.41) is 3.06. The monoisotopic (exact) mass is 270 g/mol. The number of amides is 1. The number of halogens is 1. The van der Waals surface area contributed by atoms with Gasteiger partial charge in [0.05, 0.1) is 5.56 Å². The van der Waals surface area contributed by atoms with Crippen molar-refractivity contribution in [3.05, 3.63) is 27.7 Å². The Balaban J connectivity index is 3.32. The molecule has 0 fully saturated rings. The van der Waals surface area contributed by atoms with E-state index >= 15 is 0 Å². The standard InChI is InChI=1S/C11H15BrN2O/c1-7-5-8(12)6-9(10(7)13-2)11(15)14(3)4/h5-6,13H,1-4H3. The molecule has 0 aliphatic rings. The molecule has 0 aliphatic heterocycles. The smallest absolute Gasteiger partial charge is 0.255 e. The first-order chi connectivity index (χ1) is 6.97. The summed E-state index contributed by atoms with van der Waals surface area (Å²) in [5.74, 6) is 0.00347. The highest BCUT2D eigenvalue weighted by molar-refractivity contribution is 9.10. The van der Waals surface area contributed by atoms with Gasteiger partial charge in [-0.1, -0.05) is 15.9 Å². The molecule has 0 radical (unpaired) electrons. The largest absolute Gasteiger partial charge is 0.387 e. The van der Waals surface area contributed by atoms with Crippen molar-refractivity contribution in [2.75, 3.05) is 26.5 Å². The van der Waals surface area contributed by atoms with Gasteiger partial charge < -0.3 is 10.2 Å². The Bertz CT molecular complexity index is 388. The molecule has 3 nitrogen and oxygen atoms in total. The maximum atomic E-state index is 11.9. The second-order valence-corrected chi connectivity index (χ2v) is 4.51. The van der Waals surface area contributed by atoms with Crippen molar-refractivity contribution < 1.29 is 4.79 Å². The molecule has 1 aromatic carbocycles. The zero-order valence-electron chi connectivity index (χ0n) is 9.39. The van der Waals surface area contributed by atoms with Crippen LogP contribution in [-0.2, 0) is 0 Å². The lowest BCUT2D eigenvalue weighted by Gasteiger charge is -2.16. The molecule has 0 aromatic heterocycles. The molecule has 1 N–H and O–H groups in total. The zero-order chi connectivity index (χ0) is 11.6. The van der Waals surface area contributed by atoms with E-state index in [0.29, 0.717) is 5.56 Å². The fraction of sp³-hybridized carbons (Fsp3) is 0.364. The fourth-order valence-electron chi connectivity index (χ4n) is 1.48. The van der Waals surface area contributed by atoms with Crippen LogP contribution in [0.2, 0.25) is 0 Å². The van der Waals surface area contributed by atoms with E-state index in [1.807, 2.05) is 26.1 Å². The quantitative estimate of drug-likeness (QED) is 0.896. The van der Waals surface area contributed by atoms with Crippen molar-refractivity contribution in [1.82, 2.24) is 4.90 Å². The minimum absolute atomic E-state index is 0.00347. The number of aryl methyl sites for hydroxylation is 1. The van der Waals surface area contributed by atoms with Gasteiger partial charge in [0, 0.05) is 31.3 Å². The minimum atomic E-state index is 0.00347. The molecule has 0 atom stereocenters. The van der Waals surface area contributed by atoms with Crippen LogP contribution in [0.4, 0.5) is 5.69 Å². The average Bonchev–Trinajstić information content (AvgIpc) is 2.15. The number of benzene rings is 1. The Morgan fingerprint density at radius 3 is 2.47 bits per heavy atom. The zero-order valence-corrected chi connectivity index (χ0v) is 11.0. The summed E-state index contributed by atoms with van der Waals surface area (Å²) in [7, 11) is 5.32. The van der Waals surface area contributed by atoms with Gasteiger partial charge >= 0.3 is 0 Å². The summed E-state index contributed by atoms with van der Waals surface area (Å²) in [6.07, 6.45) is 0. The third-order valence-corrected chi connectivity index (χ3v) is 2.64. The molecular weight excluding hydrogens is 256 g/mol. The summed E-state index contributed by atoms with van der Waals surface area (Å²) in [6.45, 7) is 1.98. The van der Waals surface area contributed by atoms with Crippen molar-refractivity contribution in [3.8, 4) is 0 Å². The van der Waals surface area contributed by atoms with Gasteiger partial charge in [0.1, 0.15) is 0 Å². The van der Waals surface area contributed by atoms with Crippen molar-refractivity contribution in [1.29, 1.82) is 0 Å². The van der Waals surface area contributed by atoms with Gasteiger partial charge in [0.15, 0.2) is 0 Å². The second kappa shape index (κ2) is 4.66. The Kier molecular flexibility index (Phi) is 3.74. The van der Waals surface area contributed by atoms with Gasteiger partial charge in [-0.05, 0) is 24.6 Å². The lowest BCUT2D eigenvalue weighted by atomic mass is 10.1. The first-order valence-corrected chi connectivity index (χ1v) is 5.46. The lowest BCUT2D eigenvalue weighted by Crippen LogP contribution is -2.23. The highest BCUT2D eigenvalue weighted by Gasteiger charge is 2.15. The topological polar surface area (TPSA) is 32.3 Å². The normalized spacial score (nSPS) is 9.93. The molecule has 0 saturated carbocycles. The first-order valence-electron chi connectivity index (χ1n) is 4.67. The number of carbonyl (C=O) groups excluding carboxylic acids is 1. The summed E-state index contributed by atoms with van der Waals surface area (Å²) in [4.78, 5) is 13.5. The van der Waals surface area contributed by atoms with Crippen molar-refractivity contribution in [3.63, 3.8) is 0 Å². The van der Waals surface area contributed by atoms with Crippen LogP contribution in [0, 0.1) is 6.92 Å². The molecular formula is C11H15BrN2O. The van der Waals surface area contributed by atoms with Crippen molar-refractivity contribution >= 4 is 27.5 Å². The van der Waals surface area contributed by atoms with E-state index in [1.54, 1.807) is 19.0 Å². The molecule has 0 heterocycles. The fourth-order valence-corrected chi connectivity index (χ4v) is 2.06. The van der Waals surface area contributed by atoms with Crippen LogP contribution in [0.25, 0.3) is 0 Å². The number of nitrogens with one attached hydrogen (secondary N) is 1. The number of rotatable bonds is 2. The molecule has 15 heavy (non-hydrogen) atoms. The van der Waals surface area contributed by atoms with Crippen LogP contribution < -0.4 is 5.32 Å². The van der Waals surface area contributed by atoms with E-state index in [-0.39, 0.29) is 5.91 Å². The maximum Gasteiger partial charge on any atom is 0.255 e. The first kappa shape index (κ1) is 12.0. The summed E-state index contributed by atoms with van der Waals surface area (Å²) < 4.78 is 0.921. The molecule has 1 amide bonds. The number of anilines is 1. The highest BCUT2D eigenvalue weighted by atomic mass is 79.9. The number of hydrogen-bond donors (Lipinski definition) is 1. The Morgan fingerprint density at radius 1 is 1.40 bits per heavy atom. The number of nitrogens with zero attached hydrogens (tertiary/aromatic N) is 1. The van der Waals surface area contributed by atoms with Crippen LogP contribution in [0.15, 0.2) is 16.6 Å². The van der Waals surface area contributed by atoms with Crippen LogP contribution in [0.5, 0.6) is 0 Å². The van der Waals surface area contributed by atoms with Crippen LogP contribution in [0.1, 0.15) is 15.9 Å². The SMILES string of the molecule is CNc1c(C)cc(Br)cc1C(=O)N(C)C. The third-order valence-electron chi connectivity index (χ3n) is 2.19. The maximum absolute atomic E-state index is 11.9. The van der Waals surface area contributed by atoms with Crippen LogP contribution in [-0.4, -0.2) is 32.0 Å². The molecule has 4 heteroatoms. The van der Waals surface area contributed by atoms with Crippen molar-refractivity contribution in [2.45, 2.75) is 6.92 Å². The van der Waals surface area contributed by atoms with Crippen LogP contribution in [0.3, 0.4) is 0 Å². The molecule has 1 aromatic rings. The lowest BCUT2D eigenvalue weighted by molar-refractivity contribution is 0.0828. The van der Waals surface area contributed by atoms with E-state index in [9.17, 15) is 4.79 Å². The molecule has 0 saturated heterocycles. The van der Waals surface area contributed by atoms with Gasteiger partial charge in [-0.2, -0.15) is 0 Å². The van der Waals surface area contributed by atoms with Gasteiger partial charge in [-0.25, -0.2) is 0 Å². The third kappa shape index (κ3) is 2.50. The predicted octanol–water partition coefficient (Wildman–Crippen LogP) is 2.50. The van der Waals surface area contributed by atoms with E-state index in [2.05, 4.69) is 21.2 Å². The Labute approximate surface area is 98.6 Å². The Morgan fingerprint density at radius 2 is 2.00 bits per heavy atom. The second-order valence-electron chi connectivity index (χ2n) is 3.59. The summed E-state index contributed by atoms with van der Waals surface area (Å²) >= 11 is 3.40. The molecule has 0 bridgehead atoms.